The number of aromatic amines is 1. The number of ether oxygens (including phenoxy) is 2. The minimum atomic E-state index is 0.0253. The molecule has 10 heteroatoms. The maximum Gasteiger partial charge on any atom is 0.262 e. The number of fused-ring (bicyclic) bond motifs is 1. The van der Waals surface area contributed by atoms with Gasteiger partial charge in [0.15, 0.2) is 5.52 Å². The summed E-state index contributed by atoms with van der Waals surface area (Å²) >= 11 is 0. The third-order valence-electron chi connectivity index (χ3n) is 9.15. The van der Waals surface area contributed by atoms with Gasteiger partial charge in [0.1, 0.15) is 23.5 Å². The fourth-order valence-electron chi connectivity index (χ4n) is 6.85. The van der Waals surface area contributed by atoms with Crippen LogP contribution in [0.25, 0.3) is 33.5 Å². The maximum atomic E-state index is 6.65. The van der Waals surface area contributed by atoms with E-state index in [1.807, 2.05) is 18.2 Å². The third kappa shape index (κ3) is 6.76. The zero-order valence-corrected chi connectivity index (χ0v) is 27.2. The van der Waals surface area contributed by atoms with Crippen LogP contribution in [0.3, 0.4) is 0 Å². The molecular weight excluding hydrogens is 576 g/mol. The van der Waals surface area contributed by atoms with Crippen molar-refractivity contribution < 1.29 is 9.47 Å². The number of imidazole rings is 1. The summed E-state index contributed by atoms with van der Waals surface area (Å²) in [5.74, 6) is 2.66. The zero-order chi connectivity index (χ0) is 31.5. The second kappa shape index (κ2) is 13.2. The average molecular weight is 621 g/mol. The monoisotopic (exact) mass is 620 g/mol. The van der Waals surface area contributed by atoms with Gasteiger partial charge in [-0.05, 0) is 78.7 Å². The molecule has 0 bridgehead atoms. The van der Waals surface area contributed by atoms with Crippen LogP contribution < -0.4 is 9.47 Å². The molecule has 10 nitrogen and oxygen atoms in total. The molecule has 7 rings (SSSR count). The molecule has 0 aliphatic heterocycles. The molecule has 3 aromatic heterocycles. The van der Waals surface area contributed by atoms with Crippen molar-refractivity contribution in [1.82, 2.24) is 40.4 Å². The summed E-state index contributed by atoms with van der Waals surface area (Å²) in [4.78, 5) is 5.25. The van der Waals surface area contributed by atoms with Gasteiger partial charge in [0.05, 0.1) is 0 Å². The van der Waals surface area contributed by atoms with Crippen LogP contribution in [0.15, 0.2) is 48.5 Å². The summed E-state index contributed by atoms with van der Waals surface area (Å²) in [5.41, 5.74) is 5.91. The Kier molecular flexibility index (Phi) is 8.69. The molecule has 1 N–H and O–H groups in total. The SMILES string of the molecule is CC(C)(C)Cc1nc2c(OC3CCCCC3)nnc(OC3CCCCC3)c2n1Cc1ccc(-c2ccccc2-c2nn[nH]n2)cc1. The van der Waals surface area contributed by atoms with Gasteiger partial charge in [-0.15, -0.1) is 20.4 Å². The summed E-state index contributed by atoms with van der Waals surface area (Å²) < 4.78 is 15.5. The maximum absolute atomic E-state index is 6.65. The van der Waals surface area contributed by atoms with E-state index in [1.165, 1.54) is 38.5 Å². The topological polar surface area (TPSA) is 117 Å². The van der Waals surface area contributed by atoms with Crippen LogP contribution in [0.2, 0.25) is 0 Å². The first-order valence-electron chi connectivity index (χ1n) is 16.9. The number of H-pyrrole nitrogens is 1. The highest BCUT2D eigenvalue weighted by Crippen LogP contribution is 2.37. The zero-order valence-electron chi connectivity index (χ0n) is 27.2. The van der Waals surface area contributed by atoms with Crippen molar-refractivity contribution in [3.63, 3.8) is 0 Å². The number of rotatable bonds is 9. The lowest BCUT2D eigenvalue weighted by Gasteiger charge is -2.24. The number of tetrazole rings is 1. The van der Waals surface area contributed by atoms with Crippen LogP contribution in [-0.2, 0) is 13.0 Å². The molecule has 0 saturated heterocycles. The van der Waals surface area contributed by atoms with Crippen LogP contribution in [-0.4, -0.2) is 52.6 Å². The first-order chi connectivity index (χ1) is 22.4. The number of benzene rings is 2. The van der Waals surface area contributed by atoms with Gasteiger partial charge in [-0.25, -0.2) is 4.98 Å². The van der Waals surface area contributed by atoms with Crippen LogP contribution in [0.4, 0.5) is 0 Å². The lowest BCUT2D eigenvalue weighted by Crippen LogP contribution is -2.22. The molecule has 2 saturated carbocycles. The highest BCUT2D eigenvalue weighted by Gasteiger charge is 2.28. The van der Waals surface area contributed by atoms with Gasteiger partial charge in [0.2, 0.25) is 5.82 Å². The largest absolute Gasteiger partial charge is 0.472 e. The van der Waals surface area contributed by atoms with Crippen molar-refractivity contribution in [1.29, 1.82) is 0 Å². The van der Waals surface area contributed by atoms with E-state index in [0.29, 0.717) is 24.1 Å². The molecule has 0 spiro atoms. The van der Waals surface area contributed by atoms with Crippen LogP contribution in [0.1, 0.15) is 96.4 Å². The lowest BCUT2D eigenvalue weighted by molar-refractivity contribution is 0.140. The number of aromatic nitrogens is 8. The molecule has 240 valence electrons. The van der Waals surface area contributed by atoms with Crippen molar-refractivity contribution in [2.24, 2.45) is 5.41 Å². The van der Waals surface area contributed by atoms with Crippen molar-refractivity contribution >= 4 is 11.0 Å². The minimum absolute atomic E-state index is 0.0253. The van der Waals surface area contributed by atoms with E-state index < -0.39 is 0 Å². The highest BCUT2D eigenvalue weighted by atomic mass is 16.5. The van der Waals surface area contributed by atoms with Crippen molar-refractivity contribution in [3.05, 3.63) is 59.9 Å². The molecule has 2 aliphatic carbocycles. The predicted octanol–water partition coefficient (Wildman–Crippen LogP) is 7.73. The molecule has 3 heterocycles. The van der Waals surface area contributed by atoms with Gasteiger partial charge < -0.3 is 14.0 Å². The van der Waals surface area contributed by atoms with Crippen molar-refractivity contribution in [2.45, 2.75) is 110 Å². The van der Waals surface area contributed by atoms with Gasteiger partial charge >= 0.3 is 0 Å². The van der Waals surface area contributed by atoms with E-state index in [4.69, 9.17) is 14.5 Å². The van der Waals surface area contributed by atoms with E-state index in [1.54, 1.807) is 0 Å². The standard InChI is InChI=1S/C36H44N8O2/c1-36(2,3)22-30-37-31-32(35(46-27-14-8-5-9-15-27)41-40-34(31)45-26-12-6-4-7-13-26)44(30)23-24-18-20-25(21-19-24)28-16-10-11-17-29(28)33-38-42-43-39-33/h10-11,16-21,26-27H,4-9,12-15,22-23H2,1-3H3,(H,38,39,42,43). The molecule has 0 atom stereocenters. The summed E-state index contributed by atoms with van der Waals surface area (Å²) in [6.45, 7) is 7.39. The Hall–Kier alpha value is -4.34. The van der Waals surface area contributed by atoms with Gasteiger partial charge in [0.25, 0.3) is 11.8 Å². The number of nitrogens with one attached hydrogen (secondary N) is 1. The lowest BCUT2D eigenvalue weighted by atomic mass is 9.92. The van der Waals surface area contributed by atoms with Gasteiger partial charge in [0, 0.05) is 18.5 Å². The Morgan fingerprint density at radius 1 is 0.761 bits per heavy atom. The molecule has 2 aliphatic rings. The number of hydrogen-bond donors (Lipinski definition) is 1. The van der Waals surface area contributed by atoms with E-state index in [-0.39, 0.29) is 17.6 Å². The van der Waals surface area contributed by atoms with E-state index in [9.17, 15) is 0 Å². The molecular formula is C36H44N8O2. The Morgan fingerprint density at radius 3 is 2.02 bits per heavy atom. The van der Waals surface area contributed by atoms with Crippen molar-refractivity contribution in [2.75, 3.05) is 0 Å². The van der Waals surface area contributed by atoms with Gasteiger partial charge in [-0.3, -0.25) is 0 Å². The quantitative estimate of drug-likeness (QED) is 0.178. The summed E-state index contributed by atoms with van der Waals surface area (Å²) in [6, 6.07) is 16.8. The molecule has 2 fully saturated rings. The van der Waals surface area contributed by atoms with Crippen molar-refractivity contribution in [3.8, 4) is 34.3 Å². The predicted molar refractivity (Wildman–Crippen MR) is 178 cm³/mol. The fraction of sp³-hybridized carbons (Fsp3) is 0.500. The second-order valence-electron chi connectivity index (χ2n) is 14.1. The molecule has 0 radical (unpaired) electrons. The number of nitrogens with zero attached hydrogens (tertiary/aromatic N) is 7. The smallest absolute Gasteiger partial charge is 0.262 e. The Morgan fingerprint density at radius 2 is 1.39 bits per heavy atom. The third-order valence-corrected chi connectivity index (χ3v) is 9.15. The first-order valence-corrected chi connectivity index (χ1v) is 16.9. The van der Waals surface area contributed by atoms with Crippen LogP contribution in [0, 0.1) is 5.41 Å². The molecule has 0 amide bonds. The van der Waals surface area contributed by atoms with Crippen LogP contribution >= 0.6 is 0 Å². The Bertz CT molecular complexity index is 1750. The van der Waals surface area contributed by atoms with Gasteiger partial charge in [-0.1, -0.05) is 82.1 Å². The molecule has 2 aromatic carbocycles. The highest BCUT2D eigenvalue weighted by molar-refractivity contribution is 5.85. The molecule has 5 aromatic rings. The van der Waals surface area contributed by atoms with E-state index in [0.717, 1.165) is 71.2 Å². The molecule has 46 heavy (non-hydrogen) atoms. The summed E-state index contributed by atoms with van der Waals surface area (Å²) in [6.07, 6.45) is 12.5. The average Bonchev–Trinajstić information content (AvgIpc) is 3.72. The Labute approximate surface area is 270 Å². The van der Waals surface area contributed by atoms with E-state index >= 15 is 0 Å². The summed E-state index contributed by atoms with van der Waals surface area (Å²) in [5, 5.41) is 24.0. The first kappa shape index (κ1) is 30.3. The molecule has 0 unspecified atom stereocenters. The van der Waals surface area contributed by atoms with Gasteiger partial charge in [-0.2, -0.15) is 5.21 Å². The second-order valence-corrected chi connectivity index (χ2v) is 14.1. The van der Waals surface area contributed by atoms with E-state index in [2.05, 4.69) is 86.5 Å². The normalized spacial score (nSPS) is 16.6. The number of hydrogen-bond acceptors (Lipinski definition) is 8. The minimum Gasteiger partial charge on any atom is -0.472 e. The fourth-order valence-corrected chi connectivity index (χ4v) is 6.85. The Balaban J connectivity index is 1.28. The van der Waals surface area contributed by atoms with Crippen LogP contribution in [0.5, 0.6) is 11.8 Å². The summed E-state index contributed by atoms with van der Waals surface area (Å²) in [7, 11) is 0.